The number of hydrazone groups is 1. The van der Waals surface area contributed by atoms with E-state index in [1.807, 2.05) is 24.3 Å². The van der Waals surface area contributed by atoms with Crippen molar-refractivity contribution in [3.05, 3.63) is 64.4 Å². The highest BCUT2D eigenvalue weighted by Crippen LogP contribution is 2.20. The van der Waals surface area contributed by atoms with E-state index in [1.54, 1.807) is 24.4 Å². The number of hydrogen-bond donors (Lipinski definition) is 1. The van der Waals surface area contributed by atoms with Crippen LogP contribution in [0.3, 0.4) is 0 Å². The topological polar surface area (TPSA) is 50.2 Å². The molecule has 0 aliphatic carbocycles. The Morgan fingerprint density at radius 2 is 1.90 bits per heavy atom. The first-order valence-corrected chi connectivity index (χ1v) is 6.93. The summed E-state index contributed by atoms with van der Waals surface area (Å²) in [5.74, 6) is 0.641. The van der Waals surface area contributed by atoms with Gasteiger partial charge in [-0.3, -0.25) is 5.43 Å². The largest absolute Gasteiger partial charge is 0.261 e. The van der Waals surface area contributed by atoms with Gasteiger partial charge < -0.3 is 0 Å². The molecule has 1 aromatic heterocycles. The van der Waals surface area contributed by atoms with E-state index in [0.717, 1.165) is 16.5 Å². The van der Waals surface area contributed by atoms with E-state index in [0.29, 0.717) is 15.9 Å². The van der Waals surface area contributed by atoms with Crippen LogP contribution in [0.2, 0.25) is 10.0 Å². The fourth-order valence-corrected chi connectivity index (χ4v) is 2.32. The molecule has 0 amide bonds. The van der Waals surface area contributed by atoms with Gasteiger partial charge in [0.05, 0.1) is 16.8 Å². The lowest BCUT2D eigenvalue weighted by atomic mass is 10.2. The predicted molar refractivity (Wildman–Crippen MR) is 87.2 cm³/mol. The summed E-state index contributed by atoms with van der Waals surface area (Å²) in [7, 11) is 0. The molecular formula is C15H10Cl2N4. The number of fused-ring (bicyclic) bond motifs is 1. The summed E-state index contributed by atoms with van der Waals surface area (Å²) in [6.07, 6.45) is 3.12. The minimum atomic E-state index is 0.542. The molecule has 0 atom stereocenters. The van der Waals surface area contributed by atoms with E-state index in [4.69, 9.17) is 23.2 Å². The summed E-state index contributed by atoms with van der Waals surface area (Å²) in [5.41, 5.74) is 4.53. The fraction of sp³-hybridized carbons (Fsp3) is 0. The van der Waals surface area contributed by atoms with Crippen LogP contribution >= 0.6 is 23.2 Å². The summed E-state index contributed by atoms with van der Waals surface area (Å²) >= 11 is 11.9. The summed E-state index contributed by atoms with van der Waals surface area (Å²) in [4.78, 5) is 8.38. The second-order valence-electron chi connectivity index (χ2n) is 4.28. The van der Waals surface area contributed by atoms with Gasteiger partial charge in [0.15, 0.2) is 5.82 Å². The Kier molecular flexibility index (Phi) is 3.99. The minimum Gasteiger partial charge on any atom is -0.261 e. The van der Waals surface area contributed by atoms with Gasteiger partial charge in [-0.05, 0) is 24.3 Å². The van der Waals surface area contributed by atoms with Gasteiger partial charge in [-0.15, -0.1) is 0 Å². The quantitative estimate of drug-likeness (QED) is 0.576. The third kappa shape index (κ3) is 3.12. The Hall–Kier alpha value is -2.17. The Morgan fingerprint density at radius 1 is 1.05 bits per heavy atom. The lowest BCUT2D eigenvalue weighted by molar-refractivity contribution is 1.18. The number of hydrogen-bond acceptors (Lipinski definition) is 4. The number of anilines is 1. The third-order valence-electron chi connectivity index (χ3n) is 2.88. The highest BCUT2D eigenvalue weighted by atomic mass is 35.5. The van der Waals surface area contributed by atoms with Crippen LogP contribution in [-0.4, -0.2) is 16.2 Å². The third-order valence-corrected chi connectivity index (χ3v) is 3.44. The van der Waals surface area contributed by atoms with Crippen molar-refractivity contribution in [2.75, 3.05) is 5.43 Å². The summed E-state index contributed by atoms with van der Waals surface area (Å²) in [6.45, 7) is 0. The maximum Gasteiger partial charge on any atom is 0.157 e. The summed E-state index contributed by atoms with van der Waals surface area (Å²) in [6, 6.07) is 12.9. The van der Waals surface area contributed by atoms with E-state index in [9.17, 15) is 0 Å². The number of nitrogens with one attached hydrogen (secondary N) is 1. The molecule has 0 saturated carbocycles. The highest BCUT2D eigenvalue weighted by Gasteiger charge is 2.01. The number of halogens is 2. The molecule has 104 valence electrons. The molecule has 6 heteroatoms. The molecule has 0 bridgehead atoms. The number of nitrogens with zero attached hydrogens (tertiary/aromatic N) is 3. The second kappa shape index (κ2) is 6.08. The van der Waals surface area contributed by atoms with Crippen LogP contribution in [0, 0.1) is 0 Å². The molecule has 0 aliphatic rings. The van der Waals surface area contributed by atoms with Crippen molar-refractivity contribution in [1.82, 2.24) is 9.97 Å². The molecule has 2 aromatic carbocycles. The SMILES string of the molecule is Clc1ccc(C=NNc2ncnc3ccccc23)c(Cl)c1. The van der Waals surface area contributed by atoms with Crippen molar-refractivity contribution in [3.8, 4) is 0 Å². The van der Waals surface area contributed by atoms with Gasteiger partial charge in [-0.25, -0.2) is 9.97 Å². The standard InChI is InChI=1S/C15H10Cl2N4/c16-11-6-5-10(13(17)7-11)8-20-21-15-12-3-1-2-4-14(12)18-9-19-15/h1-9H,(H,18,19,21). The van der Waals surface area contributed by atoms with Gasteiger partial charge in [0.25, 0.3) is 0 Å². The van der Waals surface area contributed by atoms with Crippen molar-refractivity contribution in [2.24, 2.45) is 5.10 Å². The molecule has 0 spiro atoms. The van der Waals surface area contributed by atoms with Crippen LogP contribution in [0.1, 0.15) is 5.56 Å². The van der Waals surface area contributed by atoms with Gasteiger partial charge in [0.1, 0.15) is 6.33 Å². The van der Waals surface area contributed by atoms with Gasteiger partial charge >= 0.3 is 0 Å². The lowest BCUT2D eigenvalue weighted by Crippen LogP contribution is -1.96. The van der Waals surface area contributed by atoms with Gasteiger partial charge in [0.2, 0.25) is 0 Å². The van der Waals surface area contributed by atoms with Gasteiger partial charge in [0, 0.05) is 16.0 Å². The zero-order valence-corrected chi connectivity index (χ0v) is 12.3. The van der Waals surface area contributed by atoms with Crippen LogP contribution in [0.25, 0.3) is 10.9 Å². The molecule has 1 heterocycles. The molecule has 3 aromatic rings. The molecule has 0 saturated heterocycles. The zero-order chi connectivity index (χ0) is 14.7. The van der Waals surface area contributed by atoms with Crippen LogP contribution in [0.4, 0.5) is 5.82 Å². The molecule has 0 aliphatic heterocycles. The number of rotatable bonds is 3. The normalized spacial score (nSPS) is 11.1. The number of aromatic nitrogens is 2. The molecular weight excluding hydrogens is 307 g/mol. The van der Waals surface area contributed by atoms with Crippen LogP contribution in [0.15, 0.2) is 53.9 Å². The minimum absolute atomic E-state index is 0.542. The number of para-hydroxylation sites is 1. The average Bonchev–Trinajstić information content (AvgIpc) is 2.50. The Bertz CT molecular complexity index is 812. The Morgan fingerprint density at radius 3 is 2.76 bits per heavy atom. The maximum atomic E-state index is 6.08. The molecule has 0 radical (unpaired) electrons. The predicted octanol–water partition coefficient (Wildman–Crippen LogP) is 4.38. The van der Waals surface area contributed by atoms with Crippen molar-refractivity contribution < 1.29 is 0 Å². The smallest absolute Gasteiger partial charge is 0.157 e. The van der Waals surface area contributed by atoms with Crippen molar-refractivity contribution >= 4 is 46.1 Å². The van der Waals surface area contributed by atoms with E-state index >= 15 is 0 Å². The van der Waals surface area contributed by atoms with E-state index in [1.165, 1.54) is 6.33 Å². The second-order valence-corrected chi connectivity index (χ2v) is 5.12. The highest BCUT2D eigenvalue weighted by molar-refractivity contribution is 6.36. The van der Waals surface area contributed by atoms with E-state index in [2.05, 4.69) is 20.5 Å². The lowest BCUT2D eigenvalue weighted by Gasteiger charge is -2.03. The molecule has 0 fully saturated rings. The maximum absolute atomic E-state index is 6.08. The Labute approximate surface area is 131 Å². The van der Waals surface area contributed by atoms with Crippen LogP contribution in [0.5, 0.6) is 0 Å². The number of benzene rings is 2. The zero-order valence-electron chi connectivity index (χ0n) is 10.8. The van der Waals surface area contributed by atoms with E-state index in [-0.39, 0.29) is 0 Å². The van der Waals surface area contributed by atoms with Crippen molar-refractivity contribution in [1.29, 1.82) is 0 Å². The molecule has 1 N–H and O–H groups in total. The first-order valence-electron chi connectivity index (χ1n) is 6.18. The average molecular weight is 317 g/mol. The molecule has 3 rings (SSSR count). The van der Waals surface area contributed by atoms with Crippen molar-refractivity contribution in [3.63, 3.8) is 0 Å². The summed E-state index contributed by atoms with van der Waals surface area (Å²) in [5, 5.41) is 6.19. The first kappa shape index (κ1) is 13.8. The first-order chi connectivity index (χ1) is 10.2. The van der Waals surface area contributed by atoms with Gasteiger partial charge in [-0.2, -0.15) is 5.10 Å². The van der Waals surface area contributed by atoms with Crippen LogP contribution < -0.4 is 5.43 Å². The van der Waals surface area contributed by atoms with Gasteiger partial charge in [-0.1, -0.05) is 41.4 Å². The summed E-state index contributed by atoms with van der Waals surface area (Å²) < 4.78 is 0. The Balaban J connectivity index is 1.84. The monoisotopic (exact) mass is 316 g/mol. The van der Waals surface area contributed by atoms with E-state index < -0.39 is 0 Å². The molecule has 4 nitrogen and oxygen atoms in total. The fourth-order valence-electron chi connectivity index (χ4n) is 1.86. The molecule has 0 unspecified atom stereocenters. The molecule has 21 heavy (non-hydrogen) atoms. The van der Waals surface area contributed by atoms with Crippen LogP contribution in [-0.2, 0) is 0 Å². The van der Waals surface area contributed by atoms with Crippen molar-refractivity contribution in [2.45, 2.75) is 0 Å².